The van der Waals surface area contributed by atoms with Crippen LogP contribution < -0.4 is 0 Å². The van der Waals surface area contributed by atoms with Crippen molar-refractivity contribution in [2.75, 3.05) is 0 Å². The van der Waals surface area contributed by atoms with Gasteiger partial charge in [0.25, 0.3) is 0 Å². The predicted octanol–water partition coefficient (Wildman–Crippen LogP) is 2.90. The summed E-state index contributed by atoms with van der Waals surface area (Å²) < 4.78 is 38.4. The number of aromatic carboxylic acids is 1. The molecule has 0 spiro atoms. The fourth-order valence-electron chi connectivity index (χ4n) is 1.65. The molecule has 0 unspecified atom stereocenters. The molecule has 0 atom stereocenters. The van der Waals surface area contributed by atoms with Crippen molar-refractivity contribution in [1.82, 2.24) is 9.78 Å². The van der Waals surface area contributed by atoms with Gasteiger partial charge in [-0.1, -0.05) is 0 Å². The van der Waals surface area contributed by atoms with Gasteiger partial charge in [-0.05, 0) is 30.7 Å². The van der Waals surface area contributed by atoms with Gasteiger partial charge in [-0.25, -0.2) is 9.48 Å². The summed E-state index contributed by atoms with van der Waals surface area (Å²) in [7, 11) is 0. The maximum absolute atomic E-state index is 12.5. The highest BCUT2D eigenvalue weighted by Gasteiger charge is 2.32. The second kappa shape index (κ2) is 4.42. The molecule has 0 saturated carbocycles. The number of hydrogen-bond acceptors (Lipinski definition) is 2. The molecule has 19 heavy (non-hydrogen) atoms. The second-order valence-corrected chi connectivity index (χ2v) is 3.98. The Balaban J connectivity index is 2.43. The summed E-state index contributed by atoms with van der Waals surface area (Å²) in [6, 6.07) is 4.12. The molecule has 0 aliphatic heterocycles. The van der Waals surface area contributed by atoms with Crippen LogP contribution in [0.3, 0.4) is 0 Å². The van der Waals surface area contributed by atoms with E-state index in [1.807, 2.05) is 0 Å². The van der Waals surface area contributed by atoms with Crippen LogP contribution in [0, 0.1) is 6.92 Å². The summed E-state index contributed by atoms with van der Waals surface area (Å²) in [6.45, 7) is 1.61. The summed E-state index contributed by atoms with van der Waals surface area (Å²) in [5.74, 6) is -1.09. The standard InChI is InChI=1S/C12H9F3N2O2/c1-7-4-8(11(18)19)2-3-10(7)17-6-9(5-16-17)12(13,14)15/h2-6H,1H3,(H,18,19). The van der Waals surface area contributed by atoms with Crippen molar-refractivity contribution in [2.24, 2.45) is 0 Å². The quantitative estimate of drug-likeness (QED) is 0.912. The van der Waals surface area contributed by atoms with E-state index in [1.54, 1.807) is 6.92 Å². The molecule has 0 amide bonds. The van der Waals surface area contributed by atoms with Gasteiger partial charge < -0.3 is 5.11 Å². The Bertz CT molecular complexity index is 632. The van der Waals surface area contributed by atoms with E-state index in [0.717, 1.165) is 17.1 Å². The van der Waals surface area contributed by atoms with Crippen LogP contribution in [0.25, 0.3) is 5.69 Å². The third-order valence-corrected chi connectivity index (χ3v) is 2.60. The lowest BCUT2D eigenvalue weighted by Gasteiger charge is -2.07. The number of carboxylic acids is 1. The van der Waals surface area contributed by atoms with E-state index in [0.29, 0.717) is 11.3 Å². The van der Waals surface area contributed by atoms with Gasteiger partial charge in [0.05, 0.1) is 23.0 Å². The topological polar surface area (TPSA) is 55.1 Å². The van der Waals surface area contributed by atoms with E-state index in [2.05, 4.69) is 5.10 Å². The Morgan fingerprint density at radius 2 is 2.05 bits per heavy atom. The largest absolute Gasteiger partial charge is 0.478 e. The Kier molecular flexibility index (Phi) is 3.05. The maximum atomic E-state index is 12.5. The number of halogens is 3. The first-order chi connectivity index (χ1) is 8.79. The van der Waals surface area contributed by atoms with E-state index in [1.165, 1.54) is 18.2 Å². The number of benzene rings is 1. The van der Waals surface area contributed by atoms with E-state index >= 15 is 0 Å². The minimum atomic E-state index is -4.45. The van der Waals surface area contributed by atoms with Crippen molar-refractivity contribution < 1.29 is 23.1 Å². The summed E-state index contributed by atoms with van der Waals surface area (Å²) in [6.07, 6.45) is -2.86. The van der Waals surface area contributed by atoms with E-state index in [4.69, 9.17) is 5.11 Å². The second-order valence-electron chi connectivity index (χ2n) is 3.98. The minimum Gasteiger partial charge on any atom is -0.478 e. The number of rotatable bonds is 2. The van der Waals surface area contributed by atoms with E-state index in [9.17, 15) is 18.0 Å². The molecule has 0 aliphatic rings. The van der Waals surface area contributed by atoms with Crippen molar-refractivity contribution in [3.05, 3.63) is 47.3 Å². The highest BCUT2D eigenvalue weighted by Crippen LogP contribution is 2.29. The van der Waals surface area contributed by atoms with E-state index in [-0.39, 0.29) is 5.56 Å². The molecule has 0 bridgehead atoms. The third kappa shape index (κ3) is 2.59. The molecule has 2 rings (SSSR count). The third-order valence-electron chi connectivity index (χ3n) is 2.60. The molecule has 0 radical (unpaired) electrons. The van der Waals surface area contributed by atoms with Gasteiger partial charge in [0.2, 0.25) is 0 Å². The number of aromatic nitrogens is 2. The number of hydrogen-bond donors (Lipinski definition) is 1. The van der Waals surface area contributed by atoms with Crippen molar-refractivity contribution in [1.29, 1.82) is 0 Å². The van der Waals surface area contributed by atoms with Gasteiger partial charge in [0.15, 0.2) is 0 Å². The zero-order valence-corrected chi connectivity index (χ0v) is 9.77. The highest BCUT2D eigenvalue weighted by atomic mass is 19.4. The van der Waals surface area contributed by atoms with Crippen molar-refractivity contribution >= 4 is 5.97 Å². The molecule has 1 N–H and O–H groups in total. The number of alkyl halides is 3. The maximum Gasteiger partial charge on any atom is 0.419 e. The Hall–Kier alpha value is -2.31. The molecule has 7 heteroatoms. The monoisotopic (exact) mass is 270 g/mol. The molecule has 1 aromatic heterocycles. The van der Waals surface area contributed by atoms with Crippen molar-refractivity contribution in [3.63, 3.8) is 0 Å². The Labute approximate surface area is 106 Å². The summed E-state index contributed by atoms with van der Waals surface area (Å²) >= 11 is 0. The fourth-order valence-corrected chi connectivity index (χ4v) is 1.65. The molecular weight excluding hydrogens is 261 g/mol. The first kappa shape index (κ1) is 13.1. The molecule has 1 heterocycles. The van der Waals surface area contributed by atoms with Crippen LogP contribution >= 0.6 is 0 Å². The van der Waals surface area contributed by atoms with Gasteiger partial charge in [-0.3, -0.25) is 0 Å². The van der Waals surface area contributed by atoms with Crippen LogP contribution in [0.4, 0.5) is 13.2 Å². The zero-order chi connectivity index (χ0) is 14.2. The molecule has 1 aromatic carbocycles. The lowest BCUT2D eigenvalue weighted by atomic mass is 10.1. The van der Waals surface area contributed by atoms with Gasteiger partial charge in [-0.15, -0.1) is 0 Å². The van der Waals surface area contributed by atoms with Crippen molar-refractivity contribution in [3.8, 4) is 5.69 Å². The summed E-state index contributed by atoms with van der Waals surface area (Å²) in [5, 5.41) is 12.4. The highest BCUT2D eigenvalue weighted by molar-refractivity contribution is 5.88. The Morgan fingerprint density at radius 3 is 2.53 bits per heavy atom. The van der Waals surface area contributed by atoms with Gasteiger partial charge >= 0.3 is 12.1 Å². The first-order valence-corrected chi connectivity index (χ1v) is 5.25. The summed E-state index contributed by atoms with van der Waals surface area (Å²) in [4.78, 5) is 10.8. The molecule has 0 fully saturated rings. The number of nitrogens with zero attached hydrogens (tertiary/aromatic N) is 2. The van der Waals surface area contributed by atoms with Gasteiger partial charge in [0.1, 0.15) is 0 Å². The normalized spacial score (nSPS) is 11.6. The fraction of sp³-hybridized carbons (Fsp3) is 0.167. The molecule has 2 aromatic rings. The van der Waals surface area contributed by atoms with Crippen LogP contribution in [-0.4, -0.2) is 20.9 Å². The van der Waals surface area contributed by atoms with Crippen LogP contribution in [-0.2, 0) is 6.18 Å². The van der Waals surface area contributed by atoms with Crippen LogP contribution in [0.1, 0.15) is 21.5 Å². The first-order valence-electron chi connectivity index (χ1n) is 5.25. The number of carboxylic acid groups (broad SMARTS) is 1. The lowest BCUT2D eigenvalue weighted by Crippen LogP contribution is -2.04. The summed E-state index contributed by atoms with van der Waals surface area (Å²) in [5.41, 5.74) is 0.149. The smallest absolute Gasteiger partial charge is 0.419 e. The average molecular weight is 270 g/mol. The van der Waals surface area contributed by atoms with Crippen molar-refractivity contribution in [2.45, 2.75) is 13.1 Å². The Morgan fingerprint density at radius 1 is 1.37 bits per heavy atom. The number of carbonyl (C=O) groups is 1. The number of aryl methyl sites for hydroxylation is 1. The van der Waals surface area contributed by atoms with Crippen LogP contribution in [0.5, 0.6) is 0 Å². The van der Waals surface area contributed by atoms with Gasteiger partial charge in [0, 0.05) is 6.20 Å². The minimum absolute atomic E-state index is 0.0736. The molecular formula is C12H9F3N2O2. The molecule has 0 aliphatic carbocycles. The molecule has 0 saturated heterocycles. The van der Waals surface area contributed by atoms with Crippen LogP contribution in [0.2, 0.25) is 0 Å². The zero-order valence-electron chi connectivity index (χ0n) is 9.77. The van der Waals surface area contributed by atoms with Gasteiger partial charge in [-0.2, -0.15) is 18.3 Å². The predicted molar refractivity (Wildman–Crippen MR) is 60.3 cm³/mol. The van der Waals surface area contributed by atoms with E-state index < -0.39 is 17.7 Å². The lowest BCUT2D eigenvalue weighted by molar-refractivity contribution is -0.137. The van der Waals surface area contributed by atoms with Crippen LogP contribution in [0.15, 0.2) is 30.6 Å². The average Bonchev–Trinajstić information content (AvgIpc) is 2.77. The molecule has 100 valence electrons. The molecule has 4 nitrogen and oxygen atoms in total. The SMILES string of the molecule is Cc1cc(C(=O)O)ccc1-n1cc(C(F)(F)F)cn1.